The summed E-state index contributed by atoms with van der Waals surface area (Å²) in [6.45, 7) is 6.99. The van der Waals surface area contributed by atoms with E-state index in [1.165, 1.54) is 11.1 Å². The number of aromatic nitrogens is 2. The van der Waals surface area contributed by atoms with Crippen molar-refractivity contribution < 1.29 is 4.79 Å². The SMILES string of the molecule is Cc1ccccc1CCNC(=O)c1cc(CC(C)C)[nH]n1. The van der Waals surface area contributed by atoms with Crippen LogP contribution in [0.15, 0.2) is 30.3 Å². The maximum absolute atomic E-state index is 12.0. The molecule has 1 heterocycles. The van der Waals surface area contributed by atoms with E-state index in [4.69, 9.17) is 0 Å². The molecule has 2 aromatic rings. The van der Waals surface area contributed by atoms with E-state index in [2.05, 4.69) is 48.4 Å². The lowest BCUT2D eigenvalue weighted by Crippen LogP contribution is -2.26. The van der Waals surface area contributed by atoms with Gasteiger partial charge in [-0.05, 0) is 42.9 Å². The summed E-state index contributed by atoms with van der Waals surface area (Å²) in [5.41, 5.74) is 4.00. The molecule has 0 aliphatic rings. The van der Waals surface area contributed by atoms with Crippen LogP contribution in [0.5, 0.6) is 0 Å². The van der Waals surface area contributed by atoms with Crippen LogP contribution in [0, 0.1) is 12.8 Å². The number of benzene rings is 1. The number of nitrogens with one attached hydrogen (secondary N) is 2. The lowest BCUT2D eigenvalue weighted by molar-refractivity contribution is 0.0949. The number of amides is 1. The molecule has 0 saturated carbocycles. The van der Waals surface area contributed by atoms with E-state index in [-0.39, 0.29) is 5.91 Å². The van der Waals surface area contributed by atoms with E-state index in [1.807, 2.05) is 18.2 Å². The molecule has 0 bridgehead atoms. The third kappa shape index (κ3) is 4.45. The fourth-order valence-electron chi connectivity index (χ4n) is 2.31. The number of hydrogen-bond acceptors (Lipinski definition) is 2. The molecule has 4 heteroatoms. The molecule has 0 aliphatic carbocycles. The van der Waals surface area contributed by atoms with Crippen molar-refractivity contribution in [2.75, 3.05) is 6.54 Å². The van der Waals surface area contributed by atoms with Gasteiger partial charge in [0, 0.05) is 12.2 Å². The van der Waals surface area contributed by atoms with Crippen molar-refractivity contribution in [3.05, 3.63) is 52.8 Å². The molecule has 2 N–H and O–H groups in total. The summed E-state index contributed by atoms with van der Waals surface area (Å²) in [4.78, 5) is 12.0. The Labute approximate surface area is 126 Å². The minimum Gasteiger partial charge on any atom is -0.350 e. The third-order valence-electron chi connectivity index (χ3n) is 3.43. The number of H-pyrrole nitrogens is 1. The molecule has 4 nitrogen and oxygen atoms in total. The highest BCUT2D eigenvalue weighted by Gasteiger charge is 2.10. The first-order chi connectivity index (χ1) is 10.1. The molecule has 0 aliphatic heterocycles. The minimum atomic E-state index is -0.116. The molecule has 0 fully saturated rings. The van der Waals surface area contributed by atoms with Gasteiger partial charge in [0.2, 0.25) is 0 Å². The van der Waals surface area contributed by atoms with Crippen LogP contribution in [0.25, 0.3) is 0 Å². The Morgan fingerprint density at radius 1 is 1.33 bits per heavy atom. The lowest BCUT2D eigenvalue weighted by atomic mass is 10.1. The minimum absolute atomic E-state index is 0.116. The summed E-state index contributed by atoms with van der Waals surface area (Å²) in [5.74, 6) is 0.428. The molecule has 2 rings (SSSR count). The highest BCUT2D eigenvalue weighted by atomic mass is 16.1. The Kier molecular flexibility index (Phi) is 5.14. The van der Waals surface area contributed by atoms with Gasteiger partial charge in [0.15, 0.2) is 0 Å². The predicted molar refractivity (Wildman–Crippen MR) is 84.3 cm³/mol. The molecule has 0 unspecified atom stereocenters. The normalized spacial score (nSPS) is 10.9. The Morgan fingerprint density at radius 3 is 2.81 bits per heavy atom. The van der Waals surface area contributed by atoms with Gasteiger partial charge in [-0.3, -0.25) is 9.89 Å². The summed E-state index contributed by atoms with van der Waals surface area (Å²) in [6, 6.07) is 10.1. The van der Waals surface area contributed by atoms with Crippen molar-refractivity contribution in [1.82, 2.24) is 15.5 Å². The molecule has 21 heavy (non-hydrogen) atoms. The van der Waals surface area contributed by atoms with E-state index in [1.54, 1.807) is 0 Å². The molecule has 0 spiro atoms. The molecule has 112 valence electrons. The number of nitrogens with zero attached hydrogens (tertiary/aromatic N) is 1. The topological polar surface area (TPSA) is 57.8 Å². The second-order valence-corrected chi connectivity index (χ2v) is 5.81. The Hall–Kier alpha value is -2.10. The highest BCUT2D eigenvalue weighted by Crippen LogP contribution is 2.08. The van der Waals surface area contributed by atoms with E-state index in [0.29, 0.717) is 18.2 Å². The van der Waals surface area contributed by atoms with Crippen LogP contribution >= 0.6 is 0 Å². The number of carbonyl (C=O) groups is 1. The number of aromatic amines is 1. The smallest absolute Gasteiger partial charge is 0.271 e. The zero-order chi connectivity index (χ0) is 15.2. The van der Waals surface area contributed by atoms with Crippen LogP contribution in [0.3, 0.4) is 0 Å². The summed E-state index contributed by atoms with van der Waals surface area (Å²) >= 11 is 0. The second kappa shape index (κ2) is 7.07. The first-order valence-electron chi connectivity index (χ1n) is 7.43. The lowest BCUT2D eigenvalue weighted by Gasteiger charge is -2.06. The van der Waals surface area contributed by atoms with Crippen molar-refractivity contribution >= 4 is 5.91 Å². The van der Waals surface area contributed by atoms with Crippen LogP contribution < -0.4 is 5.32 Å². The van der Waals surface area contributed by atoms with Gasteiger partial charge in [-0.15, -0.1) is 0 Å². The van der Waals surface area contributed by atoms with Crippen molar-refractivity contribution in [2.24, 2.45) is 5.92 Å². The van der Waals surface area contributed by atoms with Gasteiger partial charge < -0.3 is 5.32 Å². The van der Waals surface area contributed by atoms with E-state index < -0.39 is 0 Å². The average Bonchev–Trinajstić information content (AvgIpc) is 2.88. The van der Waals surface area contributed by atoms with Gasteiger partial charge in [-0.25, -0.2) is 0 Å². The summed E-state index contributed by atoms with van der Waals surface area (Å²) in [6.07, 6.45) is 1.74. The van der Waals surface area contributed by atoms with Crippen LogP contribution in [0.1, 0.15) is 41.2 Å². The highest BCUT2D eigenvalue weighted by molar-refractivity contribution is 5.92. The van der Waals surface area contributed by atoms with Crippen molar-refractivity contribution in [1.29, 1.82) is 0 Å². The molecule has 1 amide bonds. The quantitative estimate of drug-likeness (QED) is 0.857. The van der Waals surface area contributed by atoms with Gasteiger partial charge in [-0.2, -0.15) is 5.10 Å². The van der Waals surface area contributed by atoms with Crippen LogP contribution in [-0.4, -0.2) is 22.6 Å². The molecule has 1 aromatic heterocycles. The maximum Gasteiger partial charge on any atom is 0.271 e. The van der Waals surface area contributed by atoms with Gasteiger partial charge in [0.1, 0.15) is 5.69 Å². The molecular formula is C17H23N3O. The number of hydrogen-bond donors (Lipinski definition) is 2. The van der Waals surface area contributed by atoms with E-state index >= 15 is 0 Å². The van der Waals surface area contributed by atoms with E-state index in [9.17, 15) is 4.79 Å². The zero-order valence-corrected chi connectivity index (χ0v) is 12.9. The van der Waals surface area contributed by atoms with Crippen molar-refractivity contribution in [2.45, 2.75) is 33.6 Å². The fourth-order valence-corrected chi connectivity index (χ4v) is 2.31. The van der Waals surface area contributed by atoms with Crippen molar-refractivity contribution in [3.63, 3.8) is 0 Å². The Balaban J connectivity index is 1.84. The van der Waals surface area contributed by atoms with Crippen molar-refractivity contribution in [3.8, 4) is 0 Å². The Bertz CT molecular complexity index is 602. The Morgan fingerprint density at radius 2 is 2.10 bits per heavy atom. The molecular weight excluding hydrogens is 262 g/mol. The van der Waals surface area contributed by atoms with E-state index in [0.717, 1.165) is 18.5 Å². The zero-order valence-electron chi connectivity index (χ0n) is 12.9. The summed E-state index contributed by atoms with van der Waals surface area (Å²) < 4.78 is 0. The molecule has 1 aromatic carbocycles. The first kappa shape index (κ1) is 15.3. The number of carbonyl (C=O) groups excluding carboxylic acids is 1. The van der Waals surface area contributed by atoms with Gasteiger partial charge in [0.25, 0.3) is 5.91 Å². The van der Waals surface area contributed by atoms with Crippen LogP contribution in [-0.2, 0) is 12.8 Å². The monoisotopic (exact) mass is 285 g/mol. The van der Waals surface area contributed by atoms with Gasteiger partial charge >= 0.3 is 0 Å². The maximum atomic E-state index is 12.0. The average molecular weight is 285 g/mol. The fraction of sp³-hybridized carbons (Fsp3) is 0.412. The number of aryl methyl sites for hydroxylation is 1. The first-order valence-corrected chi connectivity index (χ1v) is 7.43. The van der Waals surface area contributed by atoms with Crippen LogP contribution in [0.4, 0.5) is 0 Å². The summed E-state index contributed by atoms with van der Waals surface area (Å²) in [7, 11) is 0. The largest absolute Gasteiger partial charge is 0.350 e. The van der Waals surface area contributed by atoms with Gasteiger partial charge in [-0.1, -0.05) is 38.1 Å². The van der Waals surface area contributed by atoms with Gasteiger partial charge in [0.05, 0.1) is 0 Å². The predicted octanol–water partition coefficient (Wildman–Crippen LogP) is 2.89. The molecule has 0 radical (unpaired) electrons. The molecule has 0 atom stereocenters. The van der Waals surface area contributed by atoms with Crippen LogP contribution in [0.2, 0.25) is 0 Å². The molecule has 0 saturated heterocycles. The standard InChI is InChI=1S/C17H23N3O/c1-12(2)10-15-11-16(20-19-15)17(21)18-9-8-14-7-5-4-6-13(14)3/h4-7,11-12H,8-10H2,1-3H3,(H,18,21)(H,19,20). The summed E-state index contributed by atoms with van der Waals surface area (Å²) in [5, 5.41) is 9.92. The second-order valence-electron chi connectivity index (χ2n) is 5.81. The number of rotatable bonds is 6. The third-order valence-corrected chi connectivity index (χ3v) is 3.43.